The van der Waals surface area contributed by atoms with Gasteiger partial charge in [0.1, 0.15) is 5.82 Å². The van der Waals surface area contributed by atoms with E-state index in [1.54, 1.807) is 12.4 Å². The molecule has 18 heavy (non-hydrogen) atoms. The Balaban J connectivity index is 1.65. The summed E-state index contributed by atoms with van der Waals surface area (Å²) >= 11 is 0. The molecule has 0 bridgehead atoms. The van der Waals surface area contributed by atoms with Crippen molar-refractivity contribution in [1.29, 1.82) is 0 Å². The molecule has 0 amide bonds. The first-order valence-corrected chi connectivity index (χ1v) is 5.97. The molecule has 3 rings (SSSR count). The first-order valence-electron chi connectivity index (χ1n) is 5.97. The Bertz CT molecular complexity index is 528. The molecule has 1 aliphatic rings. The van der Waals surface area contributed by atoms with Crippen molar-refractivity contribution in [3.8, 4) is 0 Å². The van der Waals surface area contributed by atoms with Crippen molar-refractivity contribution < 1.29 is 0 Å². The maximum absolute atomic E-state index is 5.30. The second-order valence-corrected chi connectivity index (χ2v) is 4.44. The van der Waals surface area contributed by atoms with Gasteiger partial charge in [-0.1, -0.05) is 30.3 Å². The standard InChI is InChI=1S/C13H15N5/c14-18-13-8-15-7-12(17-13)16-11-6-10(11)9-4-2-1-3-5-9/h1-5,7-8,10-11H,6,14H2,(H2,16,17,18). The molecule has 0 aliphatic heterocycles. The van der Waals surface area contributed by atoms with E-state index in [0.29, 0.717) is 17.8 Å². The minimum atomic E-state index is 0.440. The highest BCUT2D eigenvalue weighted by Crippen LogP contribution is 2.42. The van der Waals surface area contributed by atoms with Crippen LogP contribution in [0.5, 0.6) is 0 Å². The van der Waals surface area contributed by atoms with Gasteiger partial charge in [-0.25, -0.2) is 10.8 Å². The number of hydrazine groups is 1. The third kappa shape index (κ3) is 2.26. The van der Waals surface area contributed by atoms with Gasteiger partial charge in [-0.2, -0.15) is 0 Å². The van der Waals surface area contributed by atoms with E-state index in [1.807, 2.05) is 6.07 Å². The van der Waals surface area contributed by atoms with Gasteiger partial charge in [-0.3, -0.25) is 4.98 Å². The lowest BCUT2D eigenvalue weighted by molar-refractivity contribution is 1.02. The quantitative estimate of drug-likeness (QED) is 0.561. The van der Waals surface area contributed by atoms with Crippen LogP contribution in [0.15, 0.2) is 42.7 Å². The number of benzene rings is 1. The smallest absolute Gasteiger partial charge is 0.160 e. The fourth-order valence-electron chi connectivity index (χ4n) is 2.12. The van der Waals surface area contributed by atoms with Gasteiger partial charge in [-0.15, -0.1) is 0 Å². The molecule has 5 nitrogen and oxygen atoms in total. The third-order valence-corrected chi connectivity index (χ3v) is 3.13. The second-order valence-electron chi connectivity index (χ2n) is 4.44. The SMILES string of the molecule is NNc1cncc(NC2CC2c2ccccc2)n1. The van der Waals surface area contributed by atoms with E-state index in [1.165, 1.54) is 5.56 Å². The van der Waals surface area contributed by atoms with Gasteiger partial charge in [0.15, 0.2) is 5.82 Å². The number of nitrogens with one attached hydrogen (secondary N) is 2. The molecule has 2 aromatic rings. The molecule has 0 radical (unpaired) electrons. The number of rotatable bonds is 4. The molecule has 1 aliphatic carbocycles. The maximum atomic E-state index is 5.30. The number of hydrogen-bond donors (Lipinski definition) is 3. The fourth-order valence-corrected chi connectivity index (χ4v) is 2.12. The van der Waals surface area contributed by atoms with Crippen LogP contribution in [0.4, 0.5) is 11.6 Å². The summed E-state index contributed by atoms with van der Waals surface area (Å²) < 4.78 is 0. The summed E-state index contributed by atoms with van der Waals surface area (Å²) in [5.41, 5.74) is 3.86. The molecule has 1 aromatic heterocycles. The minimum Gasteiger partial charge on any atom is -0.365 e. The zero-order valence-electron chi connectivity index (χ0n) is 9.88. The van der Waals surface area contributed by atoms with Crippen molar-refractivity contribution in [2.24, 2.45) is 5.84 Å². The van der Waals surface area contributed by atoms with Gasteiger partial charge in [0.05, 0.1) is 12.4 Å². The summed E-state index contributed by atoms with van der Waals surface area (Å²) in [5, 5.41) is 3.37. The van der Waals surface area contributed by atoms with Gasteiger partial charge in [0.2, 0.25) is 0 Å². The summed E-state index contributed by atoms with van der Waals surface area (Å²) in [7, 11) is 0. The molecular formula is C13H15N5. The molecule has 2 atom stereocenters. The predicted octanol–water partition coefficient (Wildman–Crippen LogP) is 1.73. The number of anilines is 2. The van der Waals surface area contributed by atoms with Crippen LogP contribution in [0, 0.1) is 0 Å². The summed E-state index contributed by atoms with van der Waals surface area (Å²) in [5.74, 6) is 7.20. The van der Waals surface area contributed by atoms with Crippen molar-refractivity contribution in [3.05, 3.63) is 48.3 Å². The zero-order chi connectivity index (χ0) is 12.4. The van der Waals surface area contributed by atoms with Crippen LogP contribution in [-0.2, 0) is 0 Å². The van der Waals surface area contributed by atoms with E-state index in [2.05, 4.69) is 45.0 Å². The van der Waals surface area contributed by atoms with Crippen molar-refractivity contribution in [2.45, 2.75) is 18.4 Å². The monoisotopic (exact) mass is 241 g/mol. The van der Waals surface area contributed by atoms with E-state index in [-0.39, 0.29) is 0 Å². The Kier molecular flexibility index (Phi) is 2.82. The number of nitrogens with zero attached hydrogens (tertiary/aromatic N) is 2. The summed E-state index contributed by atoms with van der Waals surface area (Å²) in [4.78, 5) is 8.36. The van der Waals surface area contributed by atoms with Gasteiger partial charge in [-0.05, 0) is 12.0 Å². The molecule has 5 heteroatoms. The lowest BCUT2D eigenvalue weighted by atomic mass is 10.1. The predicted molar refractivity (Wildman–Crippen MR) is 71.1 cm³/mol. The Morgan fingerprint density at radius 2 is 1.89 bits per heavy atom. The van der Waals surface area contributed by atoms with E-state index in [0.717, 1.165) is 12.2 Å². The maximum Gasteiger partial charge on any atom is 0.160 e. The molecule has 1 saturated carbocycles. The Morgan fingerprint density at radius 3 is 2.67 bits per heavy atom. The molecule has 0 spiro atoms. The Labute approximate surface area is 105 Å². The first kappa shape index (κ1) is 11.0. The zero-order valence-corrected chi connectivity index (χ0v) is 9.88. The van der Waals surface area contributed by atoms with Crippen LogP contribution < -0.4 is 16.6 Å². The molecule has 1 fully saturated rings. The van der Waals surface area contributed by atoms with Crippen LogP contribution in [0.2, 0.25) is 0 Å². The highest BCUT2D eigenvalue weighted by molar-refractivity contribution is 5.44. The van der Waals surface area contributed by atoms with Crippen LogP contribution in [0.25, 0.3) is 0 Å². The van der Waals surface area contributed by atoms with Gasteiger partial charge < -0.3 is 10.7 Å². The molecule has 92 valence electrons. The van der Waals surface area contributed by atoms with Gasteiger partial charge in [0.25, 0.3) is 0 Å². The minimum absolute atomic E-state index is 0.440. The molecule has 2 unspecified atom stereocenters. The number of hydrogen-bond acceptors (Lipinski definition) is 5. The topological polar surface area (TPSA) is 75.9 Å². The first-order chi connectivity index (χ1) is 8.86. The highest BCUT2D eigenvalue weighted by Gasteiger charge is 2.38. The number of nitrogens with two attached hydrogens (primary N) is 1. The Morgan fingerprint density at radius 1 is 1.11 bits per heavy atom. The summed E-state index contributed by atoms with van der Waals surface area (Å²) in [6.07, 6.45) is 4.43. The lowest BCUT2D eigenvalue weighted by Gasteiger charge is -2.06. The average Bonchev–Trinajstić information content (AvgIpc) is 3.19. The summed E-state index contributed by atoms with van der Waals surface area (Å²) in [6.45, 7) is 0. The third-order valence-electron chi connectivity index (χ3n) is 3.13. The van der Waals surface area contributed by atoms with E-state index >= 15 is 0 Å². The van der Waals surface area contributed by atoms with Crippen molar-refractivity contribution in [2.75, 3.05) is 10.7 Å². The molecule has 4 N–H and O–H groups in total. The van der Waals surface area contributed by atoms with Gasteiger partial charge in [0, 0.05) is 12.0 Å². The lowest BCUT2D eigenvalue weighted by Crippen LogP contribution is -2.11. The van der Waals surface area contributed by atoms with Crippen LogP contribution in [0.1, 0.15) is 17.9 Å². The van der Waals surface area contributed by atoms with Crippen molar-refractivity contribution >= 4 is 11.6 Å². The average molecular weight is 241 g/mol. The van der Waals surface area contributed by atoms with Crippen molar-refractivity contribution in [1.82, 2.24) is 9.97 Å². The molecule has 1 heterocycles. The van der Waals surface area contributed by atoms with E-state index in [9.17, 15) is 0 Å². The van der Waals surface area contributed by atoms with Crippen LogP contribution >= 0.6 is 0 Å². The van der Waals surface area contributed by atoms with Crippen LogP contribution in [-0.4, -0.2) is 16.0 Å². The highest BCUT2D eigenvalue weighted by atomic mass is 15.3. The molecule has 1 aromatic carbocycles. The number of aromatic nitrogens is 2. The molecular weight excluding hydrogens is 226 g/mol. The van der Waals surface area contributed by atoms with Crippen molar-refractivity contribution in [3.63, 3.8) is 0 Å². The summed E-state index contributed by atoms with van der Waals surface area (Å²) in [6, 6.07) is 10.9. The molecule has 0 saturated heterocycles. The van der Waals surface area contributed by atoms with E-state index in [4.69, 9.17) is 5.84 Å². The van der Waals surface area contributed by atoms with E-state index < -0.39 is 0 Å². The fraction of sp³-hybridized carbons (Fsp3) is 0.231. The second kappa shape index (κ2) is 4.62. The largest absolute Gasteiger partial charge is 0.365 e. The van der Waals surface area contributed by atoms with Crippen LogP contribution in [0.3, 0.4) is 0 Å². The normalized spacial score (nSPS) is 21.4. The van der Waals surface area contributed by atoms with Gasteiger partial charge >= 0.3 is 0 Å². The Hall–Kier alpha value is -2.14. The number of nitrogen functional groups attached to an aromatic ring is 1.